The highest BCUT2D eigenvalue weighted by molar-refractivity contribution is 7.99. The van der Waals surface area contributed by atoms with Gasteiger partial charge in [-0.25, -0.2) is 4.98 Å². The van der Waals surface area contributed by atoms with Crippen molar-refractivity contribution < 1.29 is 9.84 Å². The number of nitrogens with zero attached hydrogens (tertiary/aromatic N) is 2. The summed E-state index contributed by atoms with van der Waals surface area (Å²) in [5.41, 5.74) is 0.339. The molecule has 0 aliphatic carbocycles. The van der Waals surface area contributed by atoms with Crippen LogP contribution in [0.5, 0.6) is 0 Å². The summed E-state index contributed by atoms with van der Waals surface area (Å²) in [6, 6.07) is 0. The molecule has 0 bridgehead atoms. The fraction of sp³-hybridized carbons (Fsp3) is 0.643. The Morgan fingerprint density at radius 2 is 2.22 bits per heavy atom. The summed E-state index contributed by atoms with van der Waals surface area (Å²) in [6.45, 7) is 3.53. The maximum Gasteiger partial charge on any atom is 0.271 e. The second kappa shape index (κ2) is 9.86. The summed E-state index contributed by atoms with van der Waals surface area (Å²) in [7, 11) is 0. The van der Waals surface area contributed by atoms with Crippen molar-refractivity contribution in [2.45, 2.75) is 31.3 Å². The van der Waals surface area contributed by atoms with Crippen molar-refractivity contribution in [1.29, 1.82) is 0 Å². The predicted octanol–water partition coefficient (Wildman–Crippen LogP) is 2.08. The van der Waals surface area contributed by atoms with E-state index >= 15 is 0 Å². The van der Waals surface area contributed by atoms with Gasteiger partial charge < -0.3 is 20.1 Å². The van der Waals surface area contributed by atoms with E-state index in [-0.39, 0.29) is 12.2 Å². The number of hydrogen-bond donors (Lipinski definition) is 3. The first-order valence-electron chi connectivity index (χ1n) is 7.70. The minimum Gasteiger partial charge on any atom is -0.394 e. The van der Waals surface area contributed by atoms with Crippen LogP contribution in [0.1, 0.15) is 26.2 Å². The fourth-order valence-electron chi connectivity index (χ4n) is 1.88. The van der Waals surface area contributed by atoms with Crippen LogP contribution in [-0.4, -0.2) is 52.2 Å². The van der Waals surface area contributed by atoms with Gasteiger partial charge in [0.2, 0.25) is 0 Å². The molecular weight excluding hydrogens is 336 g/mol. The molecule has 2 aromatic heterocycles. The van der Waals surface area contributed by atoms with Crippen LogP contribution in [0.4, 0.5) is 5.13 Å². The lowest BCUT2D eigenvalue weighted by Crippen LogP contribution is -2.11. The number of aromatic amines is 1. The molecule has 0 saturated heterocycles. The number of ether oxygens (including phenoxy) is 1. The van der Waals surface area contributed by atoms with Crippen LogP contribution in [0.25, 0.3) is 10.3 Å². The normalized spacial score (nSPS) is 11.2. The number of unbranched alkanes of at least 4 members (excludes halogenated alkanes) is 2. The summed E-state index contributed by atoms with van der Waals surface area (Å²) >= 11 is 2.85. The molecule has 0 radical (unpaired) electrons. The van der Waals surface area contributed by atoms with Gasteiger partial charge in [0.1, 0.15) is 4.70 Å². The first kappa shape index (κ1) is 18.2. The van der Waals surface area contributed by atoms with Crippen molar-refractivity contribution in [3.8, 4) is 0 Å². The Morgan fingerprint density at radius 1 is 1.35 bits per heavy atom. The van der Waals surface area contributed by atoms with E-state index in [9.17, 15) is 4.79 Å². The number of thiazole rings is 1. The number of H-pyrrole nitrogens is 1. The molecular formula is C14H22N4O3S2. The zero-order valence-corrected chi connectivity index (χ0v) is 14.8. The van der Waals surface area contributed by atoms with E-state index in [1.165, 1.54) is 24.2 Å². The van der Waals surface area contributed by atoms with Gasteiger partial charge >= 0.3 is 0 Å². The number of aromatic nitrogens is 3. The molecule has 2 aromatic rings. The quantitative estimate of drug-likeness (QED) is 0.321. The molecule has 0 spiro atoms. The average molecular weight is 358 g/mol. The van der Waals surface area contributed by atoms with E-state index < -0.39 is 0 Å². The van der Waals surface area contributed by atoms with Gasteiger partial charge in [-0.2, -0.15) is 4.98 Å². The number of fused-ring (bicyclic) bond motifs is 1. The Labute approximate surface area is 142 Å². The predicted molar refractivity (Wildman–Crippen MR) is 94.7 cm³/mol. The molecule has 2 rings (SSSR count). The van der Waals surface area contributed by atoms with Crippen LogP contribution in [0.2, 0.25) is 0 Å². The molecule has 23 heavy (non-hydrogen) atoms. The molecule has 0 saturated carbocycles. The third-order valence-electron chi connectivity index (χ3n) is 2.99. The molecule has 0 amide bonds. The third-order valence-corrected chi connectivity index (χ3v) is 4.95. The van der Waals surface area contributed by atoms with E-state index in [0.29, 0.717) is 40.4 Å². The van der Waals surface area contributed by atoms with Crippen LogP contribution < -0.4 is 10.9 Å². The summed E-state index contributed by atoms with van der Waals surface area (Å²) in [5, 5.41) is 13.0. The van der Waals surface area contributed by atoms with E-state index in [1.807, 2.05) is 0 Å². The number of rotatable bonds is 11. The zero-order valence-electron chi connectivity index (χ0n) is 13.1. The summed E-state index contributed by atoms with van der Waals surface area (Å²) in [4.78, 5) is 23.7. The van der Waals surface area contributed by atoms with E-state index in [0.717, 1.165) is 12.2 Å². The van der Waals surface area contributed by atoms with Gasteiger partial charge in [-0.05, 0) is 6.42 Å². The molecule has 0 aromatic carbocycles. The standard InChI is InChI=1S/C14H22N4O3S2/c1-2-3-4-9-22-14-17-11-10(12(20)18-14)23-13(16-11)15-5-7-21-8-6-19/h19H,2-9H2,1H3,(H2,15,16,17,18,20). The minimum absolute atomic E-state index is 0.0130. The van der Waals surface area contributed by atoms with Crippen molar-refractivity contribution >= 4 is 38.6 Å². The van der Waals surface area contributed by atoms with E-state index in [4.69, 9.17) is 9.84 Å². The first-order valence-corrected chi connectivity index (χ1v) is 9.51. The number of aliphatic hydroxyl groups excluding tert-OH is 1. The topological polar surface area (TPSA) is 100 Å². The highest BCUT2D eigenvalue weighted by atomic mass is 32.2. The summed E-state index contributed by atoms with van der Waals surface area (Å²) < 4.78 is 5.69. The summed E-state index contributed by atoms with van der Waals surface area (Å²) in [5.74, 6) is 0.944. The SMILES string of the molecule is CCCCCSc1nc2nc(NCCOCCO)sc2c(=O)[nH]1. The average Bonchev–Trinajstić information content (AvgIpc) is 2.95. The van der Waals surface area contributed by atoms with E-state index in [2.05, 4.69) is 27.2 Å². The monoisotopic (exact) mass is 358 g/mol. The number of hydrogen-bond acceptors (Lipinski definition) is 8. The van der Waals surface area contributed by atoms with Crippen LogP contribution in [0, 0.1) is 0 Å². The van der Waals surface area contributed by atoms with Gasteiger partial charge in [-0.15, -0.1) is 0 Å². The smallest absolute Gasteiger partial charge is 0.271 e. The Kier molecular flexibility index (Phi) is 7.80. The van der Waals surface area contributed by atoms with Crippen LogP contribution in [0.3, 0.4) is 0 Å². The van der Waals surface area contributed by atoms with Crippen LogP contribution in [-0.2, 0) is 4.74 Å². The Bertz CT molecular complexity index is 659. The van der Waals surface area contributed by atoms with Crippen molar-refractivity contribution in [2.75, 3.05) is 37.4 Å². The van der Waals surface area contributed by atoms with Gasteiger partial charge in [-0.3, -0.25) is 4.79 Å². The largest absolute Gasteiger partial charge is 0.394 e. The van der Waals surface area contributed by atoms with E-state index in [1.54, 1.807) is 11.8 Å². The Morgan fingerprint density at radius 3 is 3.00 bits per heavy atom. The van der Waals surface area contributed by atoms with Crippen molar-refractivity contribution in [3.05, 3.63) is 10.4 Å². The minimum atomic E-state index is -0.143. The highest BCUT2D eigenvalue weighted by Crippen LogP contribution is 2.23. The van der Waals surface area contributed by atoms with Gasteiger partial charge in [0.05, 0.1) is 19.8 Å². The number of anilines is 1. The maximum absolute atomic E-state index is 12.1. The zero-order chi connectivity index (χ0) is 16.5. The molecule has 9 heteroatoms. The van der Waals surface area contributed by atoms with Crippen LogP contribution >= 0.6 is 23.1 Å². The van der Waals surface area contributed by atoms with Crippen molar-refractivity contribution in [3.63, 3.8) is 0 Å². The Hall–Kier alpha value is -1.16. The van der Waals surface area contributed by atoms with Crippen molar-refractivity contribution in [1.82, 2.24) is 15.0 Å². The Balaban J connectivity index is 1.95. The molecule has 128 valence electrons. The second-order valence-electron chi connectivity index (χ2n) is 4.86. The van der Waals surface area contributed by atoms with Crippen LogP contribution in [0.15, 0.2) is 9.95 Å². The summed E-state index contributed by atoms with van der Waals surface area (Å²) in [6.07, 6.45) is 3.47. The molecule has 0 aliphatic rings. The second-order valence-corrected chi connectivity index (χ2v) is 6.94. The highest BCUT2D eigenvalue weighted by Gasteiger charge is 2.10. The molecule has 2 heterocycles. The van der Waals surface area contributed by atoms with Crippen molar-refractivity contribution in [2.24, 2.45) is 0 Å². The molecule has 0 fully saturated rings. The van der Waals surface area contributed by atoms with Gasteiger partial charge in [0, 0.05) is 12.3 Å². The lowest BCUT2D eigenvalue weighted by molar-refractivity contribution is 0.0992. The molecule has 0 atom stereocenters. The number of nitrogens with one attached hydrogen (secondary N) is 2. The fourth-order valence-corrected chi connectivity index (χ4v) is 3.56. The van der Waals surface area contributed by atoms with Gasteiger partial charge in [-0.1, -0.05) is 42.9 Å². The maximum atomic E-state index is 12.1. The van der Waals surface area contributed by atoms with Gasteiger partial charge in [0.25, 0.3) is 5.56 Å². The number of aliphatic hydroxyl groups is 1. The third kappa shape index (κ3) is 5.76. The lowest BCUT2D eigenvalue weighted by Gasteiger charge is -2.02. The molecule has 3 N–H and O–H groups in total. The molecule has 0 unspecified atom stereocenters. The molecule has 7 nitrogen and oxygen atoms in total. The lowest BCUT2D eigenvalue weighted by atomic mass is 10.3. The number of thioether (sulfide) groups is 1. The van der Waals surface area contributed by atoms with Gasteiger partial charge in [0.15, 0.2) is 15.9 Å². The molecule has 0 aliphatic heterocycles. The first-order chi connectivity index (χ1) is 11.2.